The lowest BCUT2D eigenvalue weighted by Gasteiger charge is -2.38. The fraction of sp³-hybridized carbons (Fsp3) is 0.714. The van der Waals surface area contributed by atoms with E-state index in [4.69, 9.17) is 4.74 Å². The molecule has 4 nitrogen and oxygen atoms in total. The SMILES string of the molecule is COc1nc(N(C)C2CCC(C)(C)CC2)ncc1Br. The number of hydrogen-bond acceptors (Lipinski definition) is 4. The second-order valence-electron chi connectivity index (χ2n) is 6.03. The fourth-order valence-corrected chi connectivity index (χ4v) is 2.94. The van der Waals surface area contributed by atoms with E-state index in [0.717, 1.165) is 10.4 Å². The van der Waals surface area contributed by atoms with Crippen LogP contribution < -0.4 is 9.64 Å². The largest absolute Gasteiger partial charge is 0.480 e. The Bertz CT molecular complexity index is 440. The third kappa shape index (κ3) is 3.38. The molecule has 0 unspecified atom stereocenters. The third-order valence-electron chi connectivity index (χ3n) is 4.06. The number of rotatable bonds is 3. The lowest BCUT2D eigenvalue weighted by atomic mass is 9.75. The molecule has 19 heavy (non-hydrogen) atoms. The predicted octanol–water partition coefficient (Wildman–Crippen LogP) is 3.65. The van der Waals surface area contributed by atoms with E-state index in [-0.39, 0.29) is 0 Å². The van der Waals surface area contributed by atoms with E-state index < -0.39 is 0 Å². The first-order chi connectivity index (χ1) is 8.93. The van der Waals surface area contributed by atoms with Crippen molar-refractivity contribution < 1.29 is 4.74 Å². The molecule has 0 aliphatic heterocycles. The molecule has 0 N–H and O–H groups in total. The van der Waals surface area contributed by atoms with E-state index in [0.29, 0.717) is 17.3 Å². The van der Waals surface area contributed by atoms with Gasteiger partial charge in [0.05, 0.1) is 17.8 Å². The third-order valence-corrected chi connectivity index (χ3v) is 4.61. The van der Waals surface area contributed by atoms with Crippen molar-refractivity contribution in [2.24, 2.45) is 5.41 Å². The highest BCUT2D eigenvalue weighted by atomic mass is 79.9. The molecule has 1 aromatic rings. The summed E-state index contributed by atoms with van der Waals surface area (Å²) in [7, 11) is 3.70. The van der Waals surface area contributed by atoms with Crippen molar-refractivity contribution in [3.63, 3.8) is 0 Å². The Morgan fingerprint density at radius 2 is 2.00 bits per heavy atom. The van der Waals surface area contributed by atoms with Crippen molar-refractivity contribution in [2.45, 2.75) is 45.6 Å². The Kier molecular flexibility index (Phi) is 4.33. The van der Waals surface area contributed by atoms with Gasteiger partial charge in [-0.3, -0.25) is 0 Å². The molecule has 1 saturated carbocycles. The molecule has 0 bridgehead atoms. The molecule has 2 rings (SSSR count). The van der Waals surface area contributed by atoms with Gasteiger partial charge in [0.2, 0.25) is 11.8 Å². The normalized spacial score (nSPS) is 19.2. The van der Waals surface area contributed by atoms with Crippen molar-refractivity contribution in [2.75, 3.05) is 19.1 Å². The van der Waals surface area contributed by atoms with Crippen LogP contribution in [0.5, 0.6) is 5.88 Å². The van der Waals surface area contributed by atoms with Crippen LogP contribution in [-0.2, 0) is 0 Å². The minimum absolute atomic E-state index is 0.482. The van der Waals surface area contributed by atoms with E-state index in [9.17, 15) is 0 Å². The topological polar surface area (TPSA) is 38.2 Å². The van der Waals surface area contributed by atoms with Crippen LogP contribution in [0, 0.1) is 5.41 Å². The van der Waals surface area contributed by atoms with E-state index >= 15 is 0 Å². The minimum atomic E-state index is 0.482. The van der Waals surface area contributed by atoms with Gasteiger partial charge >= 0.3 is 0 Å². The van der Waals surface area contributed by atoms with Gasteiger partial charge < -0.3 is 9.64 Å². The fourth-order valence-electron chi connectivity index (χ4n) is 2.59. The van der Waals surface area contributed by atoms with Gasteiger partial charge in [-0.25, -0.2) is 4.98 Å². The van der Waals surface area contributed by atoms with Gasteiger partial charge in [-0.15, -0.1) is 0 Å². The summed E-state index contributed by atoms with van der Waals surface area (Å²) in [6.07, 6.45) is 6.67. The molecule has 0 amide bonds. The van der Waals surface area contributed by atoms with Crippen LogP contribution in [0.4, 0.5) is 5.95 Å². The van der Waals surface area contributed by atoms with E-state index in [1.54, 1.807) is 13.3 Å². The first-order valence-electron chi connectivity index (χ1n) is 6.72. The van der Waals surface area contributed by atoms with Crippen LogP contribution in [0.3, 0.4) is 0 Å². The standard InChI is InChI=1S/C14H22BrN3O/c1-14(2)7-5-10(6-8-14)18(3)13-16-9-11(15)12(17-13)19-4/h9-10H,5-8H2,1-4H3. The van der Waals surface area contributed by atoms with Gasteiger partial charge in [0, 0.05) is 13.1 Å². The molecule has 1 aliphatic carbocycles. The summed E-state index contributed by atoms with van der Waals surface area (Å²) in [5, 5.41) is 0. The zero-order valence-corrected chi connectivity index (χ0v) is 13.7. The molecule has 0 spiro atoms. The van der Waals surface area contributed by atoms with Crippen LogP contribution in [0.1, 0.15) is 39.5 Å². The second kappa shape index (κ2) is 5.65. The first-order valence-corrected chi connectivity index (χ1v) is 7.51. The maximum atomic E-state index is 5.23. The quantitative estimate of drug-likeness (QED) is 0.849. The number of nitrogens with zero attached hydrogens (tertiary/aromatic N) is 3. The average molecular weight is 328 g/mol. The summed E-state index contributed by atoms with van der Waals surface area (Å²) in [5.41, 5.74) is 0.482. The smallest absolute Gasteiger partial charge is 0.232 e. The van der Waals surface area contributed by atoms with Crippen LogP contribution in [0.25, 0.3) is 0 Å². The number of aromatic nitrogens is 2. The Morgan fingerprint density at radius 3 is 2.58 bits per heavy atom. The van der Waals surface area contributed by atoms with Gasteiger partial charge in [-0.2, -0.15) is 4.98 Å². The van der Waals surface area contributed by atoms with E-state index in [1.807, 2.05) is 0 Å². The van der Waals surface area contributed by atoms with Crippen LogP contribution in [-0.4, -0.2) is 30.2 Å². The van der Waals surface area contributed by atoms with E-state index in [2.05, 4.69) is 51.7 Å². The molecule has 5 heteroatoms. The Morgan fingerprint density at radius 1 is 1.37 bits per heavy atom. The number of anilines is 1. The Balaban J connectivity index is 2.10. The molecular weight excluding hydrogens is 306 g/mol. The molecule has 106 valence electrons. The number of methoxy groups -OCH3 is 1. The Hall–Kier alpha value is -0.840. The maximum absolute atomic E-state index is 5.23. The average Bonchev–Trinajstić information content (AvgIpc) is 2.38. The van der Waals surface area contributed by atoms with Gasteiger partial charge in [-0.05, 0) is 47.0 Å². The highest BCUT2D eigenvalue weighted by Gasteiger charge is 2.29. The van der Waals surface area contributed by atoms with Crippen LogP contribution in [0.2, 0.25) is 0 Å². The molecule has 0 atom stereocenters. The molecule has 1 aliphatic rings. The lowest BCUT2D eigenvalue weighted by molar-refractivity contribution is 0.222. The van der Waals surface area contributed by atoms with Crippen molar-refractivity contribution in [1.82, 2.24) is 9.97 Å². The Labute approximate surface area is 123 Å². The van der Waals surface area contributed by atoms with Gasteiger partial charge in [0.1, 0.15) is 0 Å². The first kappa shape index (κ1) is 14.6. The summed E-state index contributed by atoms with van der Waals surface area (Å²) in [4.78, 5) is 11.0. The highest BCUT2D eigenvalue weighted by molar-refractivity contribution is 9.10. The van der Waals surface area contributed by atoms with Crippen molar-refractivity contribution in [3.05, 3.63) is 10.7 Å². The molecule has 1 heterocycles. The monoisotopic (exact) mass is 327 g/mol. The zero-order valence-electron chi connectivity index (χ0n) is 12.1. The lowest BCUT2D eigenvalue weighted by Crippen LogP contribution is -2.38. The highest BCUT2D eigenvalue weighted by Crippen LogP contribution is 2.37. The van der Waals surface area contributed by atoms with Gasteiger partial charge in [0.15, 0.2) is 0 Å². The second-order valence-corrected chi connectivity index (χ2v) is 6.89. The van der Waals surface area contributed by atoms with Crippen LogP contribution >= 0.6 is 15.9 Å². The van der Waals surface area contributed by atoms with Gasteiger partial charge in [-0.1, -0.05) is 13.8 Å². The summed E-state index contributed by atoms with van der Waals surface area (Å²) in [5.74, 6) is 1.33. The predicted molar refractivity (Wildman–Crippen MR) is 80.7 cm³/mol. The van der Waals surface area contributed by atoms with Crippen molar-refractivity contribution in [1.29, 1.82) is 0 Å². The molecule has 0 radical (unpaired) electrons. The summed E-state index contributed by atoms with van der Waals surface area (Å²) < 4.78 is 6.02. The molecule has 1 fully saturated rings. The molecule has 1 aromatic heterocycles. The maximum Gasteiger partial charge on any atom is 0.232 e. The number of hydrogen-bond donors (Lipinski definition) is 0. The summed E-state index contributed by atoms with van der Waals surface area (Å²) in [6, 6.07) is 0.527. The van der Waals surface area contributed by atoms with Gasteiger partial charge in [0.25, 0.3) is 0 Å². The zero-order chi connectivity index (χ0) is 14.0. The molecule has 0 saturated heterocycles. The molecular formula is C14H22BrN3O. The number of halogens is 1. The van der Waals surface area contributed by atoms with Crippen molar-refractivity contribution >= 4 is 21.9 Å². The van der Waals surface area contributed by atoms with Crippen LogP contribution in [0.15, 0.2) is 10.7 Å². The molecule has 0 aromatic carbocycles. The summed E-state index contributed by atoms with van der Waals surface area (Å²) in [6.45, 7) is 4.70. The van der Waals surface area contributed by atoms with Crippen molar-refractivity contribution in [3.8, 4) is 5.88 Å². The number of ether oxygens (including phenoxy) is 1. The van der Waals surface area contributed by atoms with E-state index in [1.165, 1.54) is 25.7 Å². The summed E-state index contributed by atoms with van der Waals surface area (Å²) >= 11 is 3.38. The minimum Gasteiger partial charge on any atom is -0.480 e.